The van der Waals surface area contributed by atoms with Gasteiger partial charge >= 0.3 is 5.76 Å². The molecule has 0 aliphatic carbocycles. The van der Waals surface area contributed by atoms with Crippen molar-refractivity contribution in [2.24, 2.45) is 0 Å². The number of hydrogen-bond acceptors (Lipinski definition) is 2. The molecule has 0 saturated carbocycles. The molecule has 14 heavy (non-hydrogen) atoms. The molecule has 0 bridgehead atoms. The van der Waals surface area contributed by atoms with E-state index in [4.69, 9.17) is 16.0 Å². The summed E-state index contributed by atoms with van der Waals surface area (Å²) in [5.41, 5.74) is 1.59. The van der Waals surface area contributed by atoms with Gasteiger partial charge in [0.2, 0.25) is 0 Å². The third-order valence-corrected chi connectivity index (χ3v) is 2.21. The average molecular weight is 210 g/mol. The van der Waals surface area contributed by atoms with Crippen molar-refractivity contribution >= 4 is 11.6 Å². The van der Waals surface area contributed by atoms with Crippen molar-refractivity contribution in [3.63, 3.8) is 0 Å². The zero-order valence-corrected chi connectivity index (χ0v) is 8.26. The first-order chi connectivity index (χ1) is 6.66. The maximum absolute atomic E-state index is 10.9. The van der Waals surface area contributed by atoms with E-state index in [1.165, 1.54) is 0 Å². The van der Waals surface area contributed by atoms with Gasteiger partial charge in [-0.05, 0) is 19.1 Å². The van der Waals surface area contributed by atoms with Gasteiger partial charge in [0.1, 0.15) is 5.76 Å². The molecule has 0 fully saturated rings. The standard InChI is InChI=1S/C10H8ClNO2/c1-6-9(12-10(13)14-6)7-2-4-8(11)5-3-7/h2-5H,1H3,(H,12,13). The van der Waals surface area contributed by atoms with Gasteiger partial charge in [-0.15, -0.1) is 0 Å². The molecule has 0 saturated heterocycles. The molecule has 0 amide bonds. The number of halogens is 1. The number of H-pyrrole nitrogens is 1. The lowest BCUT2D eigenvalue weighted by Crippen LogP contribution is -1.94. The summed E-state index contributed by atoms with van der Waals surface area (Å²) in [6.07, 6.45) is 0. The Morgan fingerprint density at radius 2 is 1.93 bits per heavy atom. The number of hydrogen-bond donors (Lipinski definition) is 1. The predicted octanol–water partition coefficient (Wildman–Crippen LogP) is 2.60. The van der Waals surface area contributed by atoms with Crippen LogP contribution in [0.15, 0.2) is 33.5 Å². The predicted molar refractivity (Wildman–Crippen MR) is 54.5 cm³/mol. The van der Waals surface area contributed by atoms with Crippen LogP contribution in [-0.4, -0.2) is 4.98 Å². The maximum Gasteiger partial charge on any atom is 0.416 e. The largest absolute Gasteiger partial charge is 0.416 e. The summed E-state index contributed by atoms with van der Waals surface area (Å²) in [7, 11) is 0. The lowest BCUT2D eigenvalue weighted by molar-refractivity contribution is 0.488. The number of aromatic nitrogens is 1. The molecule has 1 aromatic carbocycles. The van der Waals surface area contributed by atoms with Crippen LogP contribution in [0.3, 0.4) is 0 Å². The van der Waals surface area contributed by atoms with Crippen LogP contribution in [0.5, 0.6) is 0 Å². The summed E-state index contributed by atoms with van der Waals surface area (Å²) in [5, 5.41) is 0.664. The molecule has 0 aliphatic heterocycles. The highest BCUT2D eigenvalue weighted by Crippen LogP contribution is 2.21. The fourth-order valence-electron chi connectivity index (χ4n) is 1.30. The molecule has 1 heterocycles. The highest BCUT2D eigenvalue weighted by molar-refractivity contribution is 6.30. The van der Waals surface area contributed by atoms with E-state index >= 15 is 0 Å². The Morgan fingerprint density at radius 3 is 2.43 bits per heavy atom. The molecule has 2 rings (SSSR count). The lowest BCUT2D eigenvalue weighted by atomic mass is 10.1. The van der Waals surface area contributed by atoms with Crippen molar-refractivity contribution in [2.45, 2.75) is 6.92 Å². The highest BCUT2D eigenvalue weighted by Gasteiger charge is 2.06. The van der Waals surface area contributed by atoms with E-state index in [0.717, 1.165) is 5.56 Å². The lowest BCUT2D eigenvalue weighted by Gasteiger charge is -1.97. The highest BCUT2D eigenvalue weighted by atomic mass is 35.5. The number of benzene rings is 1. The van der Waals surface area contributed by atoms with E-state index in [1.54, 1.807) is 19.1 Å². The van der Waals surface area contributed by atoms with Crippen molar-refractivity contribution in [3.8, 4) is 11.3 Å². The van der Waals surface area contributed by atoms with Gasteiger partial charge in [0.05, 0.1) is 5.69 Å². The van der Waals surface area contributed by atoms with E-state index in [1.807, 2.05) is 12.1 Å². The molecule has 0 unspecified atom stereocenters. The van der Waals surface area contributed by atoms with E-state index in [0.29, 0.717) is 16.5 Å². The Kier molecular flexibility index (Phi) is 2.17. The molecule has 0 radical (unpaired) electrons. The Morgan fingerprint density at radius 1 is 1.29 bits per heavy atom. The molecule has 0 aliphatic rings. The monoisotopic (exact) mass is 209 g/mol. The minimum atomic E-state index is -0.438. The summed E-state index contributed by atoms with van der Waals surface area (Å²) < 4.78 is 4.86. The topological polar surface area (TPSA) is 46.0 Å². The fraction of sp³-hybridized carbons (Fsp3) is 0.100. The summed E-state index contributed by atoms with van der Waals surface area (Å²) >= 11 is 5.75. The minimum Gasteiger partial charge on any atom is -0.413 e. The van der Waals surface area contributed by atoms with Crippen LogP contribution in [0.4, 0.5) is 0 Å². The van der Waals surface area contributed by atoms with Crippen molar-refractivity contribution in [1.82, 2.24) is 4.98 Å². The van der Waals surface area contributed by atoms with Crippen molar-refractivity contribution in [2.75, 3.05) is 0 Å². The fourth-order valence-corrected chi connectivity index (χ4v) is 1.42. The summed E-state index contributed by atoms with van der Waals surface area (Å²) in [4.78, 5) is 13.5. The summed E-state index contributed by atoms with van der Waals surface area (Å²) in [6, 6.07) is 7.19. The van der Waals surface area contributed by atoms with E-state index in [9.17, 15) is 4.79 Å². The van der Waals surface area contributed by atoms with Gasteiger partial charge in [0, 0.05) is 10.6 Å². The maximum atomic E-state index is 10.9. The zero-order valence-electron chi connectivity index (χ0n) is 7.50. The molecule has 1 aromatic heterocycles. The molecular formula is C10H8ClNO2. The third kappa shape index (κ3) is 1.59. The first-order valence-corrected chi connectivity index (χ1v) is 4.50. The zero-order chi connectivity index (χ0) is 10.1. The second-order valence-electron chi connectivity index (χ2n) is 2.95. The Balaban J connectivity index is 2.54. The van der Waals surface area contributed by atoms with Crippen LogP contribution >= 0.6 is 11.6 Å². The SMILES string of the molecule is Cc1oc(=O)[nH]c1-c1ccc(Cl)cc1. The molecule has 1 N–H and O–H groups in total. The molecule has 2 aromatic rings. The quantitative estimate of drug-likeness (QED) is 0.785. The van der Waals surface area contributed by atoms with E-state index < -0.39 is 5.76 Å². The van der Waals surface area contributed by atoms with Gasteiger partial charge in [0.15, 0.2) is 0 Å². The number of aromatic amines is 1. The van der Waals surface area contributed by atoms with E-state index in [-0.39, 0.29) is 0 Å². The number of oxazole rings is 1. The molecule has 0 atom stereocenters. The third-order valence-electron chi connectivity index (χ3n) is 1.96. The molecular weight excluding hydrogens is 202 g/mol. The molecule has 72 valence electrons. The van der Waals surface area contributed by atoms with Gasteiger partial charge in [0.25, 0.3) is 0 Å². The second kappa shape index (κ2) is 3.35. The Bertz CT molecular complexity index is 496. The summed E-state index contributed by atoms with van der Waals surface area (Å²) in [5.74, 6) is 0.143. The molecule has 4 heteroatoms. The van der Waals surface area contributed by atoms with Gasteiger partial charge in [-0.25, -0.2) is 4.79 Å². The Hall–Kier alpha value is -1.48. The first-order valence-electron chi connectivity index (χ1n) is 4.12. The van der Waals surface area contributed by atoms with E-state index in [2.05, 4.69) is 4.98 Å². The average Bonchev–Trinajstić information content (AvgIpc) is 2.47. The van der Waals surface area contributed by atoms with Gasteiger partial charge in [-0.1, -0.05) is 23.7 Å². The van der Waals surface area contributed by atoms with Crippen molar-refractivity contribution < 1.29 is 4.42 Å². The smallest absolute Gasteiger partial charge is 0.413 e. The second-order valence-corrected chi connectivity index (χ2v) is 3.39. The normalized spacial score (nSPS) is 10.4. The molecule has 3 nitrogen and oxygen atoms in total. The van der Waals surface area contributed by atoms with Crippen molar-refractivity contribution in [3.05, 3.63) is 45.6 Å². The van der Waals surface area contributed by atoms with Crippen molar-refractivity contribution in [1.29, 1.82) is 0 Å². The van der Waals surface area contributed by atoms with Crippen LogP contribution in [0.2, 0.25) is 5.02 Å². The number of aryl methyl sites for hydroxylation is 1. The van der Waals surface area contributed by atoms with Crippen LogP contribution in [0.25, 0.3) is 11.3 Å². The van der Waals surface area contributed by atoms with Crippen LogP contribution in [-0.2, 0) is 0 Å². The number of nitrogens with one attached hydrogen (secondary N) is 1. The van der Waals surface area contributed by atoms with Gasteiger partial charge < -0.3 is 4.42 Å². The summed E-state index contributed by atoms with van der Waals surface area (Å²) in [6.45, 7) is 1.74. The molecule has 0 spiro atoms. The van der Waals surface area contributed by atoms with Crippen LogP contribution < -0.4 is 5.76 Å². The first kappa shape index (κ1) is 9.09. The van der Waals surface area contributed by atoms with Gasteiger partial charge in [-0.2, -0.15) is 0 Å². The van der Waals surface area contributed by atoms with Gasteiger partial charge in [-0.3, -0.25) is 4.98 Å². The van der Waals surface area contributed by atoms with Crippen LogP contribution in [0, 0.1) is 6.92 Å². The van der Waals surface area contributed by atoms with Crippen LogP contribution in [0.1, 0.15) is 5.76 Å². The Labute approximate surface area is 85.3 Å². The minimum absolute atomic E-state index is 0.438. The number of rotatable bonds is 1.